The van der Waals surface area contributed by atoms with Gasteiger partial charge in [0.15, 0.2) is 5.65 Å². The van der Waals surface area contributed by atoms with E-state index < -0.39 is 17.4 Å². The third kappa shape index (κ3) is 3.41. The zero-order chi connectivity index (χ0) is 19.9. The highest BCUT2D eigenvalue weighted by Crippen LogP contribution is 2.30. The van der Waals surface area contributed by atoms with E-state index in [1.54, 1.807) is 18.2 Å². The summed E-state index contributed by atoms with van der Waals surface area (Å²) in [4.78, 5) is 18.3. The van der Waals surface area contributed by atoms with Crippen molar-refractivity contribution in [3.05, 3.63) is 70.4 Å². The second-order valence-electron chi connectivity index (χ2n) is 6.00. The van der Waals surface area contributed by atoms with Gasteiger partial charge in [-0.3, -0.25) is 9.55 Å². The van der Waals surface area contributed by atoms with Gasteiger partial charge in [-0.15, -0.1) is 5.10 Å². The van der Waals surface area contributed by atoms with Crippen LogP contribution in [0.2, 0.25) is 0 Å². The molecule has 4 rings (SSSR count). The Kier molecular flexibility index (Phi) is 4.06. The molecule has 144 valence electrons. The van der Waals surface area contributed by atoms with Crippen LogP contribution in [0.25, 0.3) is 5.65 Å². The summed E-state index contributed by atoms with van der Waals surface area (Å²) in [6.07, 6.45) is -3.14. The van der Waals surface area contributed by atoms with Gasteiger partial charge in [-0.2, -0.15) is 18.2 Å². The number of anilines is 2. The Hall–Kier alpha value is -3.76. The third-order valence-electron chi connectivity index (χ3n) is 4.01. The van der Waals surface area contributed by atoms with E-state index in [9.17, 15) is 23.1 Å². The van der Waals surface area contributed by atoms with Crippen molar-refractivity contribution in [2.45, 2.75) is 12.7 Å². The number of nitrogens with zero attached hydrogens (tertiary/aromatic N) is 4. The lowest BCUT2D eigenvalue weighted by atomic mass is 10.2. The van der Waals surface area contributed by atoms with Crippen molar-refractivity contribution in [1.82, 2.24) is 24.1 Å². The quantitative estimate of drug-likeness (QED) is 0.498. The lowest BCUT2D eigenvalue weighted by Gasteiger charge is -2.07. The summed E-state index contributed by atoms with van der Waals surface area (Å²) in [5, 5.41) is 16.5. The number of rotatable bonds is 4. The topological polar surface area (TPSA) is 100 Å². The van der Waals surface area contributed by atoms with Crippen LogP contribution in [-0.4, -0.2) is 29.3 Å². The van der Waals surface area contributed by atoms with Crippen molar-refractivity contribution < 1.29 is 18.3 Å². The molecule has 0 amide bonds. The first-order valence-corrected chi connectivity index (χ1v) is 8.07. The molecule has 3 N–H and O–H groups in total. The predicted molar refractivity (Wildman–Crippen MR) is 93.5 cm³/mol. The normalized spacial score (nSPS) is 11.8. The summed E-state index contributed by atoms with van der Waals surface area (Å²) in [7, 11) is 0. The van der Waals surface area contributed by atoms with Crippen LogP contribution in [0, 0.1) is 0 Å². The van der Waals surface area contributed by atoms with Crippen LogP contribution in [0.3, 0.4) is 0 Å². The number of hydrogen-bond donors (Lipinski definition) is 3. The number of halogens is 3. The van der Waals surface area contributed by atoms with Gasteiger partial charge in [-0.05, 0) is 36.4 Å². The molecule has 0 aliphatic carbocycles. The number of aromatic nitrogens is 5. The zero-order valence-corrected chi connectivity index (χ0v) is 14.1. The Bertz CT molecular complexity index is 1190. The van der Waals surface area contributed by atoms with Gasteiger partial charge in [0.1, 0.15) is 0 Å². The molecule has 0 saturated carbocycles. The minimum absolute atomic E-state index is 0.135. The number of benzene rings is 1. The molecule has 0 bridgehead atoms. The number of alkyl halides is 3. The summed E-state index contributed by atoms with van der Waals surface area (Å²) in [6.45, 7) is 0.135. The van der Waals surface area contributed by atoms with Gasteiger partial charge < -0.3 is 10.4 Å². The largest absolute Gasteiger partial charge is 0.493 e. The molecule has 0 atom stereocenters. The van der Waals surface area contributed by atoms with E-state index >= 15 is 0 Å². The SMILES string of the molecule is O=c1[nH]c(O)cn1Cc1cccc2nc(Nc3ccc(C(F)(F)F)cc3)nn12. The Labute approximate surface area is 154 Å². The van der Waals surface area contributed by atoms with Crippen molar-refractivity contribution in [3.8, 4) is 5.88 Å². The minimum Gasteiger partial charge on any atom is -0.493 e. The van der Waals surface area contributed by atoms with E-state index in [4.69, 9.17) is 0 Å². The van der Waals surface area contributed by atoms with Crippen LogP contribution < -0.4 is 11.0 Å². The monoisotopic (exact) mass is 390 g/mol. The van der Waals surface area contributed by atoms with E-state index in [2.05, 4.69) is 20.4 Å². The number of H-pyrrole nitrogens is 1. The second kappa shape index (κ2) is 6.44. The van der Waals surface area contributed by atoms with Gasteiger partial charge in [-0.1, -0.05) is 6.07 Å². The molecule has 3 aromatic heterocycles. The molecule has 0 aliphatic heterocycles. The Morgan fingerprint density at radius 2 is 1.89 bits per heavy atom. The number of aromatic hydroxyl groups is 1. The molecule has 0 unspecified atom stereocenters. The molecule has 0 aliphatic rings. The van der Waals surface area contributed by atoms with E-state index in [0.29, 0.717) is 17.0 Å². The molecular formula is C17H13F3N6O2. The number of fused-ring (bicyclic) bond motifs is 1. The van der Waals surface area contributed by atoms with Crippen LogP contribution in [0.15, 0.2) is 53.5 Å². The number of imidazole rings is 1. The molecule has 0 radical (unpaired) electrons. The van der Waals surface area contributed by atoms with Crippen molar-refractivity contribution in [2.24, 2.45) is 0 Å². The molecule has 0 saturated heterocycles. The third-order valence-corrected chi connectivity index (χ3v) is 4.01. The summed E-state index contributed by atoms with van der Waals surface area (Å²) < 4.78 is 40.7. The minimum atomic E-state index is -4.40. The fourth-order valence-corrected chi connectivity index (χ4v) is 2.72. The molecule has 1 aromatic carbocycles. The van der Waals surface area contributed by atoms with Gasteiger partial charge in [-0.25, -0.2) is 9.31 Å². The van der Waals surface area contributed by atoms with Crippen LogP contribution in [0.4, 0.5) is 24.8 Å². The maximum Gasteiger partial charge on any atom is 0.416 e. The number of aromatic amines is 1. The van der Waals surface area contributed by atoms with Gasteiger partial charge >= 0.3 is 11.9 Å². The smallest absolute Gasteiger partial charge is 0.416 e. The Balaban J connectivity index is 1.61. The molecule has 0 spiro atoms. The maximum atomic E-state index is 12.6. The molecule has 4 aromatic rings. The van der Waals surface area contributed by atoms with Crippen molar-refractivity contribution >= 4 is 17.3 Å². The fourth-order valence-electron chi connectivity index (χ4n) is 2.72. The molecule has 8 nitrogen and oxygen atoms in total. The first-order chi connectivity index (χ1) is 13.3. The van der Waals surface area contributed by atoms with E-state index in [-0.39, 0.29) is 18.4 Å². The van der Waals surface area contributed by atoms with E-state index in [0.717, 1.165) is 12.1 Å². The molecule has 3 heterocycles. The van der Waals surface area contributed by atoms with Crippen molar-refractivity contribution in [3.63, 3.8) is 0 Å². The molecular weight excluding hydrogens is 377 g/mol. The van der Waals surface area contributed by atoms with Gasteiger partial charge in [0, 0.05) is 5.69 Å². The van der Waals surface area contributed by atoms with Crippen molar-refractivity contribution in [1.29, 1.82) is 0 Å². The lowest BCUT2D eigenvalue weighted by Crippen LogP contribution is -2.18. The lowest BCUT2D eigenvalue weighted by molar-refractivity contribution is -0.137. The van der Waals surface area contributed by atoms with Crippen LogP contribution in [0.5, 0.6) is 5.88 Å². The predicted octanol–water partition coefficient (Wildman–Crippen LogP) is 2.74. The zero-order valence-electron chi connectivity index (χ0n) is 14.1. The Morgan fingerprint density at radius 1 is 1.14 bits per heavy atom. The highest BCUT2D eigenvalue weighted by Gasteiger charge is 2.29. The highest BCUT2D eigenvalue weighted by atomic mass is 19.4. The summed E-state index contributed by atoms with van der Waals surface area (Å²) in [5.74, 6) is -0.0584. The van der Waals surface area contributed by atoms with E-state index in [1.165, 1.54) is 27.4 Å². The first kappa shape index (κ1) is 17.6. The van der Waals surface area contributed by atoms with Gasteiger partial charge in [0.2, 0.25) is 11.8 Å². The number of hydrogen-bond acceptors (Lipinski definition) is 5. The summed E-state index contributed by atoms with van der Waals surface area (Å²) in [6, 6.07) is 9.68. The summed E-state index contributed by atoms with van der Waals surface area (Å²) in [5.41, 5.74) is 0.282. The molecule has 11 heteroatoms. The number of nitrogens with one attached hydrogen (secondary N) is 2. The average molecular weight is 390 g/mol. The maximum absolute atomic E-state index is 12.6. The summed E-state index contributed by atoms with van der Waals surface area (Å²) >= 11 is 0. The second-order valence-corrected chi connectivity index (χ2v) is 6.00. The fraction of sp³-hybridized carbons (Fsp3) is 0.118. The average Bonchev–Trinajstić information content (AvgIpc) is 3.17. The first-order valence-electron chi connectivity index (χ1n) is 8.07. The van der Waals surface area contributed by atoms with Crippen LogP contribution >= 0.6 is 0 Å². The molecule has 0 fully saturated rings. The Morgan fingerprint density at radius 3 is 2.54 bits per heavy atom. The standard InChI is InChI=1S/C17H13F3N6O2/c18-17(19,20)10-4-6-11(7-5-10)21-15-22-13-3-1-2-12(26(13)24-15)8-25-9-14(27)23-16(25)28/h1-7,9,27H,8H2,(H,21,24)(H,23,28). The number of pyridine rings is 1. The molecule has 28 heavy (non-hydrogen) atoms. The highest BCUT2D eigenvalue weighted by molar-refractivity contribution is 5.56. The van der Waals surface area contributed by atoms with Crippen LogP contribution in [-0.2, 0) is 12.7 Å². The van der Waals surface area contributed by atoms with Crippen molar-refractivity contribution in [2.75, 3.05) is 5.32 Å². The van der Waals surface area contributed by atoms with Gasteiger partial charge in [0.05, 0.1) is 24.0 Å². The van der Waals surface area contributed by atoms with E-state index in [1.807, 2.05) is 0 Å². The van der Waals surface area contributed by atoms with Crippen LogP contribution in [0.1, 0.15) is 11.3 Å². The van der Waals surface area contributed by atoms with Gasteiger partial charge in [0.25, 0.3) is 0 Å².